The quantitative estimate of drug-likeness (QED) is 0.801. The Morgan fingerprint density at radius 3 is 2.37 bits per heavy atom. The summed E-state index contributed by atoms with van der Waals surface area (Å²) in [5, 5.41) is 0. The van der Waals surface area contributed by atoms with Gasteiger partial charge < -0.3 is 4.74 Å². The summed E-state index contributed by atoms with van der Waals surface area (Å²) in [5.41, 5.74) is 0.825. The molecule has 0 saturated carbocycles. The molecule has 3 nitrogen and oxygen atoms in total. The van der Waals surface area contributed by atoms with Gasteiger partial charge in [0.15, 0.2) is 5.78 Å². The van der Waals surface area contributed by atoms with E-state index in [2.05, 4.69) is 0 Å². The molecule has 2 rings (SSSR count). The molecule has 0 unspecified atom stereocenters. The Morgan fingerprint density at radius 2 is 1.84 bits per heavy atom. The fourth-order valence-corrected chi connectivity index (χ4v) is 2.66. The first-order chi connectivity index (χ1) is 9.02. The first-order valence-electron chi connectivity index (χ1n) is 5.83. The Kier molecular flexibility index (Phi) is 3.81. The van der Waals surface area contributed by atoms with Crippen LogP contribution >= 0.6 is 11.3 Å². The van der Waals surface area contributed by atoms with Gasteiger partial charge >= 0.3 is 0 Å². The molecule has 2 aromatic rings. The molecule has 0 radical (unpaired) electrons. The number of hydrogen-bond acceptors (Lipinski definition) is 4. The summed E-state index contributed by atoms with van der Waals surface area (Å²) in [4.78, 5) is 25.8. The van der Waals surface area contributed by atoms with Crippen LogP contribution < -0.4 is 4.74 Å². The molecule has 0 fully saturated rings. The summed E-state index contributed by atoms with van der Waals surface area (Å²) in [5.74, 6) is 0.308. The Hall–Kier alpha value is -1.94. The largest absolute Gasteiger partial charge is 0.497 e. The molecule has 1 aromatic heterocycles. The van der Waals surface area contributed by atoms with E-state index in [-0.39, 0.29) is 11.6 Å². The SMILES string of the molecule is COc1ccc(C(C)=O)c(C(=O)c2ccc(C)s2)c1. The van der Waals surface area contributed by atoms with E-state index in [0.717, 1.165) is 4.88 Å². The van der Waals surface area contributed by atoms with E-state index in [0.29, 0.717) is 21.8 Å². The lowest BCUT2D eigenvalue weighted by molar-refractivity contribution is 0.0991. The molecule has 0 aliphatic rings. The lowest BCUT2D eigenvalue weighted by Gasteiger charge is -2.07. The highest BCUT2D eigenvalue weighted by Gasteiger charge is 2.18. The van der Waals surface area contributed by atoms with Gasteiger partial charge in [0.2, 0.25) is 5.78 Å². The second-order valence-electron chi connectivity index (χ2n) is 4.21. The third-order valence-electron chi connectivity index (χ3n) is 2.81. The number of carbonyl (C=O) groups is 2. The van der Waals surface area contributed by atoms with Gasteiger partial charge in [0.05, 0.1) is 12.0 Å². The number of rotatable bonds is 4. The number of methoxy groups -OCH3 is 1. The van der Waals surface area contributed by atoms with Crippen molar-refractivity contribution >= 4 is 22.9 Å². The number of ether oxygens (including phenoxy) is 1. The summed E-state index contributed by atoms with van der Waals surface area (Å²) in [6, 6.07) is 8.62. The van der Waals surface area contributed by atoms with Crippen molar-refractivity contribution in [2.45, 2.75) is 13.8 Å². The predicted octanol–water partition coefficient (Wildman–Crippen LogP) is 3.50. The van der Waals surface area contributed by atoms with E-state index in [4.69, 9.17) is 4.74 Å². The zero-order valence-corrected chi connectivity index (χ0v) is 11.8. The molecular weight excluding hydrogens is 260 g/mol. The van der Waals surface area contributed by atoms with Crippen LogP contribution in [-0.2, 0) is 0 Å². The van der Waals surface area contributed by atoms with Gasteiger partial charge in [-0.3, -0.25) is 9.59 Å². The zero-order valence-electron chi connectivity index (χ0n) is 11.0. The summed E-state index contributed by atoms with van der Waals surface area (Å²) in [6.07, 6.45) is 0. The van der Waals surface area contributed by atoms with Gasteiger partial charge in [-0.15, -0.1) is 11.3 Å². The van der Waals surface area contributed by atoms with Crippen LogP contribution in [-0.4, -0.2) is 18.7 Å². The van der Waals surface area contributed by atoms with Crippen LogP contribution in [0.1, 0.15) is 37.4 Å². The summed E-state index contributed by atoms with van der Waals surface area (Å²) < 4.78 is 5.12. The minimum atomic E-state index is -0.137. The van der Waals surface area contributed by atoms with Crippen LogP contribution in [0.2, 0.25) is 0 Å². The molecule has 0 atom stereocenters. The molecule has 98 valence electrons. The molecule has 0 amide bonds. The Balaban J connectivity index is 2.53. The maximum absolute atomic E-state index is 12.5. The number of ketones is 2. The Bertz CT molecular complexity index is 641. The fraction of sp³-hybridized carbons (Fsp3) is 0.200. The molecule has 1 heterocycles. The molecule has 0 saturated heterocycles. The maximum atomic E-state index is 12.5. The van der Waals surface area contributed by atoms with E-state index in [1.165, 1.54) is 25.4 Å². The van der Waals surface area contributed by atoms with Crippen LogP contribution in [0.15, 0.2) is 30.3 Å². The van der Waals surface area contributed by atoms with Gasteiger partial charge in [0, 0.05) is 16.0 Å². The van der Waals surface area contributed by atoms with Crippen LogP contribution in [0.4, 0.5) is 0 Å². The van der Waals surface area contributed by atoms with Gasteiger partial charge in [-0.2, -0.15) is 0 Å². The number of aryl methyl sites for hydroxylation is 1. The lowest BCUT2D eigenvalue weighted by atomic mass is 9.99. The van der Waals surface area contributed by atoms with Crippen molar-refractivity contribution < 1.29 is 14.3 Å². The Labute approximate surface area is 115 Å². The number of benzene rings is 1. The van der Waals surface area contributed by atoms with E-state index < -0.39 is 0 Å². The lowest BCUT2D eigenvalue weighted by Crippen LogP contribution is -2.07. The van der Waals surface area contributed by atoms with Crippen molar-refractivity contribution in [1.82, 2.24) is 0 Å². The van der Waals surface area contributed by atoms with E-state index in [1.54, 1.807) is 24.3 Å². The molecule has 0 aliphatic heterocycles. The second-order valence-corrected chi connectivity index (χ2v) is 5.50. The van der Waals surface area contributed by atoms with Crippen molar-refractivity contribution in [2.75, 3.05) is 7.11 Å². The summed E-state index contributed by atoms with van der Waals surface area (Å²) in [6.45, 7) is 3.40. The molecule has 0 spiro atoms. The number of carbonyl (C=O) groups excluding carboxylic acids is 2. The molecule has 0 N–H and O–H groups in total. The number of thiophene rings is 1. The van der Waals surface area contributed by atoms with Crippen LogP contribution in [0.25, 0.3) is 0 Å². The average molecular weight is 274 g/mol. The molecular formula is C15H14O3S. The smallest absolute Gasteiger partial charge is 0.203 e. The topological polar surface area (TPSA) is 43.4 Å². The number of Topliss-reactive ketones (excluding diaryl/α,β-unsaturated/α-hetero) is 1. The van der Waals surface area contributed by atoms with Crippen LogP contribution in [0.3, 0.4) is 0 Å². The van der Waals surface area contributed by atoms with Crippen molar-refractivity contribution in [2.24, 2.45) is 0 Å². The van der Waals surface area contributed by atoms with Gasteiger partial charge in [0.1, 0.15) is 5.75 Å². The van der Waals surface area contributed by atoms with Crippen molar-refractivity contribution in [3.05, 3.63) is 51.2 Å². The van der Waals surface area contributed by atoms with Gasteiger partial charge in [-0.05, 0) is 44.2 Å². The first kappa shape index (κ1) is 13.5. The molecule has 0 aliphatic carbocycles. The third kappa shape index (κ3) is 2.74. The molecule has 19 heavy (non-hydrogen) atoms. The minimum Gasteiger partial charge on any atom is -0.497 e. The van der Waals surface area contributed by atoms with Gasteiger partial charge in [0.25, 0.3) is 0 Å². The normalized spacial score (nSPS) is 10.3. The van der Waals surface area contributed by atoms with Crippen LogP contribution in [0.5, 0.6) is 5.75 Å². The van der Waals surface area contributed by atoms with E-state index in [1.807, 2.05) is 13.0 Å². The van der Waals surface area contributed by atoms with Crippen molar-refractivity contribution in [1.29, 1.82) is 0 Å². The maximum Gasteiger partial charge on any atom is 0.203 e. The highest BCUT2D eigenvalue weighted by molar-refractivity contribution is 7.14. The van der Waals surface area contributed by atoms with E-state index in [9.17, 15) is 9.59 Å². The van der Waals surface area contributed by atoms with Gasteiger partial charge in [-0.1, -0.05) is 0 Å². The fourth-order valence-electron chi connectivity index (χ4n) is 1.83. The molecule has 4 heteroatoms. The summed E-state index contributed by atoms with van der Waals surface area (Å²) >= 11 is 1.42. The second kappa shape index (κ2) is 5.36. The standard InChI is InChI=1S/C15H14O3S/c1-9-4-7-14(19-9)15(17)13-8-11(18-3)5-6-12(13)10(2)16/h4-8H,1-3H3. The van der Waals surface area contributed by atoms with Crippen LogP contribution in [0, 0.1) is 6.92 Å². The van der Waals surface area contributed by atoms with Crippen molar-refractivity contribution in [3.63, 3.8) is 0 Å². The zero-order chi connectivity index (χ0) is 14.0. The third-order valence-corrected chi connectivity index (χ3v) is 3.81. The monoisotopic (exact) mass is 274 g/mol. The number of hydrogen-bond donors (Lipinski definition) is 0. The van der Waals surface area contributed by atoms with E-state index >= 15 is 0 Å². The molecule has 1 aromatic carbocycles. The van der Waals surface area contributed by atoms with Gasteiger partial charge in [-0.25, -0.2) is 0 Å². The summed E-state index contributed by atoms with van der Waals surface area (Å²) in [7, 11) is 1.53. The first-order valence-corrected chi connectivity index (χ1v) is 6.64. The minimum absolute atomic E-state index is 0.126. The Morgan fingerprint density at radius 1 is 1.11 bits per heavy atom. The average Bonchev–Trinajstić information content (AvgIpc) is 2.83. The molecule has 0 bridgehead atoms. The highest BCUT2D eigenvalue weighted by atomic mass is 32.1. The highest BCUT2D eigenvalue weighted by Crippen LogP contribution is 2.24. The van der Waals surface area contributed by atoms with Crippen molar-refractivity contribution in [3.8, 4) is 5.75 Å². The predicted molar refractivity (Wildman–Crippen MR) is 75.5 cm³/mol.